The molecule has 0 fully saturated rings. The van der Waals surface area contributed by atoms with Gasteiger partial charge in [-0.25, -0.2) is 0 Å². The number of rotatable bonds is 8. The normalized spacial score (nSPS) is 12.4. The Labute approximate surface area is 143 Å². The first kappa shape index (κ1) is 18.1. The summed E-state index contributed by atoms with van der Waals surface area (Å²) in [5.74, 6) is 1.19. The monoisotopic (exact) mass is 330 g/mol. The Morgan fingerprint density at radius 3 is 2.67 bits per heavy atom. The molecule has 2 rings (SSSR count). The fourth-order valence-electron chi connectivity index (χ4n) is 2.54. The third-order valence-corrected chi connectivity index (χ3v) is 3.66. The van der Waals surface area contributed by atoms with E-state index in [1.54, 1.807) is 17.1 Å². The van der Waals surface area contributed by atoms with Crippen LogP contribution in [0.2, 0.25) is 0 Å². The van der Waals surface area contributed by atoms with Crippen LogP contribution in [0, 0.1) is 5.92 Å². The number of aromatic nitrogens is 3. The highest BCUT2D eigenvalue weighted by Crippen LogP contribution is 2.20. The van der Waals surface area contributed by atoms with Crippen LogP contribution in [0.15, 0.2) is 30.6 Å². The zero-order chi connectivity index (χ0) is 17.5. The molecule has 2 heterocycles. The van der Waals surface area contributed by atoms with Gasteiger partial charge < -0.3 is 10.1 Å². The first-order valence-electron chi connectivity index (χ1n) is 8.31. The van der Waals surface area contributed by atoms with E-state index in [2.05, 4.69) is 29.2 Å². The van der Waals surface area contributed by atoms with Gasteiger partial charge in [-0.15, -0.1) is 0 Å². The van der Waals surface area contributed by atoms with Gasteiger partial charge in [-0.2, -0.15) is 5.10 Å². The summed E-state index contributed by atoms with van der Waals surface area (Å²) in [4.78, 5) is 16.1. The molecular weight excluding hydrogens is 304 g/mol. The predicted octanol–water partition coefficient (Wildman–Crippen LogP) is 3.26. The summed E-state index contributed by atoms with van der Waals surface area (Å²) in [6, 6.07) is 5.63. The molecular formula is C18H26N4O2. The van der Waals surface area contributed by atoms with E-state index in [9.17, 15) is 4.79 Å². The van der Waals surface area contributed by atoms with E-state index in [0.29, 0.717) is 24.8 Å². The maximum absolute atomic E-state index is 12.1. The quantitative estimate of drug-likeness (QED) is 0.806. The van der Waals surface area contributed by atoms with Crippen molar-refractivity contribution in [3.8, 4) is 11.3 Å². The molecule has 0 spiro atoms. The van der Waals surface area contributed by atoms with E-state index in [0.717, 1.165) is 17.7 Å². The third-order valence-electron chi connectivity index (χ3n) is 3.66. The molecule has 2 aromatic heterocycles. The Bertz CT molecular complexity index is 652. The maximum atomic E-state index is 12.1. The van der Waals surface area contributed by atoms with Crippen molar-refractivity contribution in [2.75, 3.05) is 11.9 Å². The Morgan fingerprint density at radius 2 is 2.00 bits per heavy atom. The molecule has 2 aromatic rings. The molecule has 0 aliphatic heterocycles. The first-order chi connectivity index (χ1) is 11.5. The van der Waals surface area contributed by atoms with Gasteiger partial charge in [0.25, 0.3) is 0 Å². The van der Waals surface area contributed by atoms with Crippen LogP contribution in [0.25, 0.3) is 11.3 Å². The molecule has 1 N–H and O–H groups in total. The molecule has 0 aromatic carbocycles. The van der Waals surface area contributed by atoms with E-state index >= 15 is 0 Å². The molecule has 0 saturated carbocycles. The van der Waals surface area contributed by atoms with Gasteiger partial charge in [0.1, 0.15) is 5.82 Å². The number of nitrogens with zero attached hydrogens (tertiary/aromatic N) is 3. The van der Waals surface area contributed by atoms with Crippen LogP contribution in [-0.2, 0) is 16.6 Å². The topological polar surface area (TPSA) is 69.0 Å². The number of pyridine rings is 1. The number of nitrogens with one attached hydrogen (secondary N) is 1. The van der Waals surface area contributed by atoms with Crippen LogP contribution in [-0.4, -0.2) is 33.4 Å². The minimum Gasteiger partial charge on any atom is -0.378 e. The van der Waals surface area contributed by atoms with Crippen LogP contribution >= 0.6 is 0 Å². The lowest BCUT2D eigenvalue weighted by Gasteiger charge is -2.14. The standard InChI is InChI=1S/C18H26N4O2/c1-13(2)11-14(3)24-10-7-18(23)20-17-12-16(21-22(17)4)15-5-8-19-9-6-15/h5-6,8-9,12-14H,7,10-11H2,1-4H3,(H,20,23). The molecule has 6 nitrogen and oxygen atoms in total. The molecule has 0 bridgehead atoms. The van der Waals surface area contributed by atoms with Gasteiger partial charge in [0.2, 0.25) is 5.91 Å². The molecule has 0 saturated heterocycles. The van der Waals surface area contributed by atoms with Crippen molar-refractivity contribution in [2.24, 2.45) is 13.0 Å². The van der Waals surface area contributed by atoms with E-state index in [4.69, 9.17) is 4.74 Å². The zero-order valence-corrected chi connectivity index (χ0v) is 14.8. The number of ether oxygens (including phenoxy) is 1. The van der Waals surface area contributed by atoms with Crippen molar-refractivity contribution in [2.45, 2.75) is 39.7 Å². The average Bonchev–Trinajstić information content (AvgIpc) is 2.88. The summed E-state index contributed by atoms with van der Waals surface area (Å²) >= 11 is 0. The number of carbonyl (C=O) groups is 1. The van der Waals surface area contributed by atoms with E-state index < -0.39 is 0 Å². The number of anilines is 1. The lowest BCUT2D eigenvalue weighted by atomic mass is 10.1. The van der Waals surface area contributed by atoms with Gasteiger partial charge in [-0.05, 0) is 31.4 Å². The number of amides is 1. The minimum absolute atomic E-state index is 0.0731. The summed E-state index contributed by atoms with van der Waals surface area (Å²) in [7, 11) is 1.81. The van der Waals surface area contributed by atoms with Crippen molar-refractivity contribution < 1.29 is 9.53 Å². The largest absolute Gasteiger partial charge is 0.378 e. The predicted molar refractivity (Wildman–Crippen MR) is 94.6 cm³/mol. The summed E-state index contributed by atoms with van der Waals surface area (Å²) < 4.78 is 7.34. The van der Waals surface area contributed by atoms with Gasteiger partial charge in [0.15, 0.2) is 0 Å². The highest BCUT2D eigenvalue weighted by atomic mass is 16.5. The first-order valence-corrected chi connectivity index (χ1v) is 8.31. The minimum atomic E-state index is -0.0731. The van der Waals surface area contributed by atoms with E-state index in [-0.39, 0.29) is 12.0 Å². The molecule has 1 amide bonds. The molecule has 0 radical (unpaired) electrons. The SMILES string of the molecule is CC(C)CC(C)OCCC(=O)Nc1cc(-c2ccncc2)nn1C. The number of hydrogen-bond acceptors (Lipinski definition) is 4. The maximum Gasteiger partial charge on any atom is 0.227 e. The van der Waals surface area contributed by atoms with Gasteiger partial charge in [-0.3, -0.25) is 14.5 Å². The third kappa shape index (κ3) is 5.45. The van der Waals surface area contributed by atoms with Crippen molar-refractivity contribution in [1.82, 2.24) is 14.8 Å². The van der Waals surface area contributed by atoms with E-state index in [1.807, 2.05) is 32.2 Å². The Kier molecular flexibility index (Phi) is 6.49. The Hall–Kier alpha value is -2.21. The highest BCUT2D eigenvalue weighted by molar-refractivity contribution is 5.90. The molecule has 24 heavy (non-hydrogen) atoms. The van der Waals surface area contributed by atoms with Crippen LogP contribution in [0.3, 0.4) is 0 Å². The lowest BCUT2D eigenvalue weighted by molar-refractivity contribution is -0.117. The lowest BCUT2D eigenvalue weighted by Crippen LogP contribution is -2.19. The Balaban J connectivity index is 1.85. The Morgan fingerprint density at radius 1 is 1.29 bits per heavy atom. The summed E-state index contributed by atoms with van der Waals surface area (Å²) in [6.45, 7) is 6.79. The van der Waals surface area contributed by atoms with Crippen LogP contribution < -0.4 is 5.32 Å². The van der Waals surface area contributed by atoms with Gasteiger partial charge >= 0.3 is 0 Å². The second-order valence-corrected chi connectivity index (χ2v) is 6.38. The fraction of sp³-hybridized carbons (Fsp3) is 0.500. The van der Waals surface area contributed by atoms with E-state index in [1.165, 1.54) is 0 Å². The number of hydrogen-bond donors (Lipinski definition) is 1. The van der Waals surface area contributed by atoms with Gasteiger partial charge in [-0.1, -0.05) is 13.8 Å². The van der Waals surface area contributed by atoms with Crippen molar-refractivity contribution >= 4 is 11.7 Å². The number of carbonyl (C=O) groups excluding carboxylic acids is 1. The number of aryl methyl sites for hydroxylation is 1. The summed E-state index contributed by atoms with van der Waals surface area (Å²) in [6.07, 6.45) is 4.94. The van der Waals surface area contributed by atoms with Crippen LogP contribution in [0.1, 0.15) is 33.6 Å². The second kappa shape index (κ2) is 8.59. The molecule has 0 aliphatic carbocycles. The molecule has 1 unspecified atom stereocenters. The molecule has 0 aliphatic rings. The zero-order valence-electron chi connectivity index (χ0n) is 14.8. The van der Waals surface area contributed by atoms with Crippen LogP contribution in [0.5, 0.6) is 0 Å². The summed E-state index contributed by atoms with van der Waals surface area (Å²) in [5, 5.41) is 7.30. The van der Waals surface area contributed by atoms with Gasteiger partial charge in [0, 0.05) is 31.1 Å². The van der Waals surface area contributed by atoms with Gasteiger partial charge in [0.05, 0.1) is 24.8 Å². The molecule has 1 atom stereocenters. The summed E-state index contributed by atoms with van der Waals surface area (Å²) in [5.41, 5.74) is 1.77. The van der Waals surface area contributed by atoms with Crippen LogP contribution in [0.4, 0.5) is 5.82 Å². The van der Waals surface area contributed by atoms with Crippen molar-refractivity contribution in [1.29, 1.82) is 0 Å². The highest BCUT2D eigenvalue weighted by Gasteiger charge is 2.11. The molecule has 6 heteroatoms. The average molecular weight is 330 g/mol. The second-order valence-electron chi connectivity index (χ2n) is 6.38. The smallest absolute Gasteiger partial charge is 0.227 e. The molecule has 130 valence electrons. The van der Waals surface area contributed by atoms with Crippen molar-refractivity contribution in [3.63, 3.8) is 0 Å². The fourth-order valence-corrected chi connectivity index (χ4v) is 2.54. The van der Waals surface area contributed by atoms with Crippen molar-refractivity contribution in [3.05, 3.63) is 30.6 Å².